The van der Waals surface area contributed by atoms with Crippen molar-refractivity contribution in [2.45, 2.75) is 33.2 Å². The van der Waals surface area contributed by atoms with Crippen molar-refractivity contribution in [3.05, 3.63) is 79.5 Å². The summed E-state index contributed by atoms with van der Waals surface area (Å²) in [6.07, 6.45) is 1.34. The summed E-state index contributed by atoms with van der Waals surface area (Å²) in [5, 5.41) is 2.78. The van der Waals surface area contributed by atoms with Crippen molar-refractivity contribution in [2.75, 3.05) is 33.9 Å². The first-order chi connectivity index (χ1) is 17.7. The van der Waals surface area contributed by atoms with E-state index in [1.807, 2.05) is 48.4 Å². The molecule has 9 heteroatoms. The molecule has 0 bridgehead atoms. The van der Waals surface area contributed by atoms with E-state index in [-0.39, 0.29) is 18.4 Å². The van der Waals surface area contributed by atoms with Gasteiger partial charge in [-0.2, -0.15) is 0 Å². The number of thiophene rings is 1. The number of carbonyl (C=O) groups excluding carboxylic acids is 2. The van der Waals surface area contributed by atoms with Crippen molar-refractivity contribution in [1.82, 2.24) is 9.80 Å². The number of carbonyl (C=O) groups is 2. The van der Waals surface area contributed by atoms with E-state index in [0.29, 0.717) is 59.6 Å². The number of benzene rings is 2. The summed E-state index contributed by atoms with van der Waals surface area (Å²) in [7, 11) is 3.20. The number of aryl methyl sites for hydroxylation is 1. The molecular formula is C28H32Cl2N2O4S. The molecule has 3 rings (SSSR count). The second kappa shape index (κ2) is 13.7. The van der Waals surface area contributed by atoms with E-state index in [9.17, 15) is 9.59 Å². The van der Waals surface area contributed by atoms with Gasteiger partial charge >= 0.3 is 0 Å². The number of hydrogen-bond donors (Lipinski definition) is 0. The monoisotopic (exact) mass is 562 g/mol. The van der Waals surface area contributed by atoms with Gasteiger partial charge in [-0.3, -0.25) is 9.59 Å². The maximum absolute atomic E-state index is 13.6. The number of amides is 2. The zero-order chi connectivity index (χ0) is 26.9. The first-order valence-corrected chi connectivity index (χ1v) is 13.7. The predicted molar refractivity (Wildman–Crippen MR) is 150 cm³/mol. The summed E-state index contributed by atoms with van der Waals surface area (Å²) in [5.41, 5.74) is 2.53. The van der Waals surface area contributed by atoms with E-state index in [1.165, 1.54) is 0 Å². The molecule has 0 saturated carbocycles. The molecule has 1 heterocycles. The number of methoxy groups -OCH3 is 2. The maximum atomic E-state index is 13.6. The molecule has 0 aliphatic rings. The minimum Gasteiger partial charge on any atom is -0.493 e. The smallest absolute Gasteiger partial charge is 0.254 e. The van der Waals surface area contributed by atoms with Gasteiger partial charge in [0.15, 0.2) is 11.5 Å². The molecule has 198 valence electrons. The summed E-state index contributed by atoms with van der Waals surface area (Å²) in [5.74, 6) is 0.907. The lowest BCUT2D eigenvalue weighted by Crippen LogP contribution is -2.43. The SMILES string of the molecule is CCCN(CC(=O)N(CCc1ccc(OC)c(OC)c1)Cc1sccc1C)C(=O)c1cc(Cl)cc(Cl)c1. The number of nitrogens with zero attached hydrogens (tertiary/aromatic N) is 2. The zero-order valence-electron chi connectivity index (χ0n) is 21.6. The average Bonchev–Trinajstić information content (AvgIpc) is 3.28. The Balaban J connectivity index is 1.81. The van der Waals surface area contributed by atoms with Gasteiger partial charge < -0.3 is 19.3 Å². The molecule has 0 fully saturated rings. The van der Waals surface area contributed by atoms with Crippen molar-refractivity contribution >= 4 is 46.4 Å². The van der Waals surface area contributed by atoms with Crippen molar-refractivity contribution in [3.63, 3.8) is 0 Å². The van der Waals surface area contributed by atoms with Gasteiger partial charge in [-0.1, -0.05) is 36.2 Å². The van der Waals surface area contributed by atoms with Crippen LogP contribution in [-0.4, -0.2) is 55.5 Å². The predicted octanol–water partition coefficient (Wildman–Crippen LogP) is 6.50. The van der Waals surface area contributed by atoms with Crippen LogP contribution in [-0.2, 0) is 17.8 Å². The third-order valence-electron chi connectivity index (χ3n) is 5.99. The van der Waals surface area contributed by atoms with Gasteiger partial charge in [0, 0.05) is 33.6 Å². The van der Waals surface area contributed by atoms with E-state index in [2.05, 4.69) is 0 Å². The second-order valence-electron chi connectivity index (χ2n) is 8.67. The molecule has 6 nitrogen and oxygen atoms in total. The van der Waals surface area contributed by atoms with E-state index in [0.717, 1.165) is 16.0 Å². The van der Waals surface area contributed by atoms with Gasteiger partial charge in [-0.15, -0.1) is 11.3 Å². The highest BCUT2D eigenvalue weighted by atomic mass is 35.5. The van der Waals surface area contributed by atoms with Crippen LogP contribution in [0.5, 0.6) is 11.5 Å². The zero-order valence-corrected chi connectivity index (χ0v) is 23.9. The Morgan fingerprint density at radius 3 is 2.22 bits per heavy atom. The molecule has 3 aromatic rings. The molecule has 37 heavy (non-hydrogen) atoms. The number of hydrogen-bond acceptors (Lipinski definition) is 5. The lowest BCUT2D eigenvalue weighted by Gasteiger charge is -2.28. The van der Waals surface area contributed by atoms with Crippen LogP contribution >= 0.6 is 34.5 Å². The van der Waals surface area contributed by atoms with Gasteiger partial charge in [-0.25, -0.2) is 0 Å². The molecule has 0 saturated heterocycles. The highest BCUT2D eigenvalue weighted by molar-refractivity contribution is 7.10. The lowest BCUT2D eigenvalue weighted by atomic mass is 10.1. The molecular weight excluding hydrogens is 531 g/mol. The molecule has 0 spiro atoms. The highest BCUT2D eigenvalue weighted by Crippen LogP contribution is 2.28. The van der Waals surface area contributed by atoms with Crippen LogP contribution in [0.4, 0.5) is 0 Å². The standard InChI is InChI=1S/C28H32Cl2N2O4S/c1-5-10-32(28(34)21-14-22(29)16-23(30)15-21)18-27(33)31(17-26-19(2)9-12-37-26)11-8-20-6-7-24(35-3)25(13-20)36-4/h6-7,9,12-16H,5,8,10-11,17-18H2,1-4H3. The van der Waals surface area contributed by atoms with Crippen LogP contribution in [0.1, 0.15) is 39.7 Å². The maximum Gasteiger partial charge on any atom is 0.254 e. The largest absolute Gasteiger partial charge is 0.493 e. The first-order valence-electron chi connectivity index (χ1n) is 12.0. The molecule has 2 amide bonds. The van der Waals surface area contributed by atoms with Crippen molar-refractivity contribution in [1.29, 1.82) is 0 Å². The minimum absolute atomic E-state index is 0.0346. The first kappa shape index (κ1) is 28.8. The summed E-state index contributed by atoms with van der Waals surface area (Å²) in [6.45, 7) is 5.39. The van der Waals surface area contributed by atoms with Crippen LogP contribution in [0.25, 0.3) is 0 Å². The van der Waals surface area contributed by atoms with Gasteiger partial charge in [-0.05, 0) is 72.7 Å². The lowest BCUT2D eigenvalue weighted by molar-refractivity contribution is -0.132. The molecule has 2 aromatic carbocycles. The van der Waals surface area contributed by atoms with Crippen molar-refractivity contribution in [2.24, 2.45) is 0 Å². The third kappa shape index (κ3) is 7.87. The van der Waals surface area contributed by atoms with E-state index in [4.69, 9.17) is 32.7 Å². The molecule has 0 radical (unpaired) electrons. The Morgan fingerprint density at radius 1 is 0.919 bits per heavy atom. The van der Waals surface area contributed by atoms with Crippen LogP contribution in [0.3, 0.4) is 0 Å². The Hall–Kier alpha value is -2.74. The van der Waals surface area contributed by atoms with Crippen molar-refractivity contribution < 1.29 is 19.1 Å². The Kier molecular flexibility index (Phi) is 10.7. The quantitative estimate of drug-likeness (QED) is 0.252. The fourth-order valence-electron chi connectivity index (χ4n) is 3.98. The molecule has 0 N–H and O–H groups in total. The fourth-order valence-corrected chi connectivity index (χ4v) is 5.42. The van der Waals surface area contributed by atoms with E-state index >= 15 is 0 Å². The van der Waals surface area contributed by atoms with Crippen LogP contribution in [0.15, 0.2) is 47.8 Å². The minimum atomic E-state index is -0.272. The molecule has 1 aromatic heterocycles. The molecule has 0 aliphatic carbocycles. The number of halogens is 2. The Morgan fingerprint density at radius 2 is 1.62 bits per heavy atom. The van der Waals surface area contributed by atoms with E-state index in [1.54, 1.807) is 48.7 Å². The van der Waals surface area contributed by atoms with Crippen LogP contribution in [0, 0.1) is 6.92 Å². The third-order valence-corrected chi connectivity index (χ3v) is 7.43. The van der Waals surface area contributed by atoms with Crippen molar-refractivity contribution in [3.8, 4) is 11.5 Å². The second-order valence-corrected chi connectivity index (χ2v) is 10.5. The van der Waals surface area contributed by atoms with Gasteiger partial charge in [0.25, 0.3) is 5.91 Å². The highest BCUT2D eigenvalue weighted by Gasteiger charge is 2.23. The summed E-state index contributed by atoms with van der Waals surface area (Å²) < 4.78 is 10.8. The molecule has 0 atom stereocenters. The van der Waals surface area contributed by atoms with Gasteiger partial charge in [0.1, 0.15) is 6.54 Å². The summed E-state index contributed by atoms with van der Waals surface area (Å²) >= 11 is 13.9. The van der Waals surface area contributed by atoms with Gasteiger partial charge in [0.05, 0.1) is 20.8 Å². The summed E-state index contributed by atoms with van der Waals surface area (Å²) in [6, 6.07) is 12.5. The normalized spacial score (nSPS) is 10.8. The van der Waals surface area contributed by atoms with E-state index < -0.39 is 0 Å². The van der Waals surface area contributed by atoms with Gasteiger partial charge in [0.2, 0.25) is 5.91 Å². The fraction of sp³-hybridized carbons (Fsp3) is 0.357. The average molecular weight is 564 g/mol. The summed E-state index contributed by atoms with van der Waals surface area (Å²) in [4.78, 5) is 31.4. The van der Waals surface area contributed by atoms with Crippen LogP contribution < -0.4 is 9.47 Å². The van der Waals surface area contributed by atoms with Crippen LogP contribution in [0.2, 0.25) is 10.0 Å². The Bertz CT molecular complexity index is 1210. The molecule has 0 unspecified atom stereocenters. The molecule has 0 aliphatic heterocycles. The Labute approximate surface area is 232 Å². The number of ether oxygens (including phenoxy) is 2. The topological polar surface area (TPSA) is 59.1 Å². The number of rotatable bonds is 12.